The number of methoxy groups -OCH3 is 1. The SMILES string of the molecule is COCCNCc1cccc(SC2CCCCNC2=O)c1. The zero-order valence-electron chi connectivity index (χ0n) is 12.6. The first kappa shape index (κ1) is 16.3. The molecule has 1 heterocycles. The first-order valence-corrected chi connectivity index (χ1v) is 8.40. The number of carbonyl (C=O) groups is 1. The molecule has 0 radical (unpaired) electrons. The minimum atomic E-state index is 0.0456. The highest BCUT2D eigenvalue weighted by Gasteiger charge is 2.21. The molecule has 2 N–H and O–H groups in total. The van der Waals surface area contributed by atoms with Crippen LogP contribution in [0.4, 0.5) is 0 Å². The topological polar surface area (TPSA) is 50.4 Å². The zero-order valence-corrected chi connectivity index (χ0v) is 13.4. The van der Waals surface area contributed by atoms with Gasteiger partial charge in [-0.25, -0.2) is 0 Å². The fourth-order valence-electron chi connectivity index (χ4n) is 2.32. The number of thioether (sulfide) groups is 1. The Kier molecular flexibility index (Phi) is 7.06. The summed E-state index contributed by atoms with van der Waals surface area (Å²) in [5.41, 5.74) is 1.24. The molecule has 1 aliphatic heterocycles. The van der Waals surface area contributed by atoms with Crippen LogP contribution in [0.15, 0.2) is 29.2 Å². The van der Waals surface area contributed by atoms with Crippen LogP contribution in [0, 0.1) is 0 Å². The molecular formula is C16H24N2O2S. The number of ether oxygens (including phenoxy) is 1. The van der Waals surface area contributed by atoms with E-state index in [1.54, 1.807) is 18.9 Å². The Balaban J connectivity index is 1.89. The van der Waals surface area contributed by atoms with Crippen molar-refractivity contribution >= 4 is 17.7 Å². The summed E-state index contributed by atoms with van der Waals surface area (Å²) in [5, 5.41) is 6.38. The minimum Gasteiger partial charge on any atom is -0.383 e. The first-order valence-electron chi connectivity index (χ1n) is 7.52. The summed E-state index contributed by atoms with van der Waals surface area (Å²) in [5.74, 6) is 0.182. The van der Waals surface area contributed by atoms with Crippen molar-refractivity contribution in [3.8, 4) is 0 Å². The van der Waals surface area contributed by atoms with Gasteiger partial charge in [0.15, 0.2) is 0 Å². The molecule has 0 spiro atoms. The van der Waals surface area contributed by atoms with E-state index in [0.29, 0.717) is 0 Å². The normalized spacial score (nSPS) is 19.1. The lowest BCUT2D eigenvalue weighted by Crippen LogP contribution is -2.30. The van der Waals surface area contributed by atoms with Crippen LogP contribution in [-0.4, -0.2) is 38.0 Å². The van der Waals surface area contributed by atoms with Crippen molar-refractivity contribution < 1.29 is 9.53 Å². The molecule has 21 heavy (non-hydrogen) atoms. The quantitative estimate of drug-likeness (QED) is 0.758. The average Bonchev–Trinajstić information content (AvgIpc) is 2.69. The number of benzene rings is 1. The van der Waals surface area contributed by atoms with Crippen molar-refractivity contribution in [2.45, 2.75) is 36.0 Å². The van der Waals surface area contributed by atoms with Crippen molar-refractivity contribution in [3.05, 3.63) is 29.8 Å². The van der Waals surface area contributed by atoms with Gasteiger partial charge in [0.05, 0.1) is 11.9 Å². The van der Waals surface area contributed by atoms with E-state index in [9.17, 15) is 4.79 Å². The fraction of sp³-hybridized carbons (Fsp3) is 0.562. The molecule has 1 atom stereocenters. The molecule has 0 aromatic heterocycles. The second-order valence-corrected chi connectivity index (χ2v) is 6.49. The lowest BCUT2D eigenvalue weighted by Gasteiger charge is -2.13. The molecule has 1 aliphatic rings. The Morgan fingerprint density at radius 3 is 3.19 bits per heavy atom. The number of amides is 1. The van der Waals surface area contributed by atoms with E-state index in [4.69, 9.17) is 4.74 Å². The highest BCUT2D eigenvalue weighted by atomic mass is 32.2. The summed E-state index contributed by atoms with van der Waals surface area (Å²) >= 11 is 1.68. The van der Waals surface area contributed by atoms with Gasteiger partial charge in [-0.1, -0.05) is 18.6 Å². The second-order valence-electron chi connectivity index (χ2n) is 5.21. The maximum Gasteiger partial charge on any atom is 0.233 e. The van der Waals surface area contributed by atoms with E-state index in [1.165, 1.54) is 10.5 Å². The summed E-state index contributed by atoms with van der Waals surface area (Å²) < 4.78 is 5.02. The third-order valence-corrected chi connectivity index (χ3v) is 4.73. The van der Waals surface area contributed by atoms with Gasteiger partial charge in [0.2, 0.25) is 5.91 Å². The molecular weight excluding hydrogens is 284 g/mol. The summed E-state index contributed by atoms with van der Waals surface area (Å²) in [6, 6.07) is 8.42. The van der Waals surface area contributed by atoms with Gasteiger partial charge < -0.3 is 15.4 Å². The van der Waals surface area contributed by atoms with Gasteiger partial charge in [-0.3, -0.25) is 4.79 Å². The maximum absolute atomic E-state index is 12.0. The summed E-state index contributed by atoms with van der Waals surface area (Å²) in [7, 11) is 1.71. The largest absolute Gasteiger partial charge is 0.383 e. The van der Waals surface area contributed by atoms with Gasteiger partial charge in [0.25, 0.3) is 0 Å². The van der Waals surface area contributed by atoms with Crippen LogP contribution < -0.4 is 10.6 Å². The van der Waals surface area contributed by atoms with Gasteiger partial charge in [-0.05, 0) is 30.5 Å². The van der Waals surface area contributed by atoms with Crippen LogP contribution in [0.25, 0.3) is 0 Å². The smallest absolute Gasteiger partial charge is 0.233 e. The molecule has 0 aliphatic carbocycles. The lowest BCUT2D eigenvalue weighted by atomic mass is 10.2. The van der Waals surface area contributed by atoms with E-state index in [2.05, 4.69) is 34.9 Å². The third kappa shape index (κ3) is 5.69. The fourth-order valence-corrected chi connectivity index (χ4v) is 3.50. The molecule has 1 amide bonds. The van der Waals surface area contributed by atoms with E-state index < -0.39 is 0 Å². The van der Waals surface area contributed by atoms with Gasteiger partial charge in [-0.15, -0.1) is 11.8 Å². The Bertz CT molecular complexity index is 454. The molecule has 4 nitrogen and oxygen atoms in total. The van der Waals surface area contributed by atoms with E-state index in [-0.39, 0.29) is 11.2 Å². The van der Waals surface area contributed by atoms with Gasteiger partial charge in [-0.2, -0.15) is 0 Å². The monoisotopic (exact) mass is 308 g/mol. The molecule has 1 unspecified atom stereocenters. The molecule has 1 fully saturated rings. The van der Waals surface area contributed by atoms with Crippen molar-refractivity contribution in [1.82, 2.24) is 10.6 Å². The average molecular weight is 308 g/mol. The molecule has 2 rings (SSSR count). The Labute approximate surface area is 131 Å². The Hall–Kier alpha value is -1.04. The molecule has 1 saturated heterocycles. The lowest BCUT2D eigenvalue weighted by molar-refractivity contribution is -0.120. The number of nitrogens with one attached hydrogen (secondary N) is 2. The Morgan fingerprint density at radius 2 is 2.33 bits per heavy atom. The maximum atomic E-state index is 12.0. The van der Waals surface area contributed by atoms with Gasteiger partial charge in [0.1, 0.15) is 0 Å². The summed E-state index contributed by atoms with van der Waals surface area (Å²) in [6.45, 7) is 3.21. The molecule has 5 heteroatoms. The van der Waals surface area contributed by atoms with Crippen LogP contribution in [-0.2, 0) is 16.1 Å². The van der Waals surface area contributed by atoms with Crippen molar-refractivity contribution in [3.63, 3.8) is 0 Å². The summed E-state index contributed by atoms with van der Waals surface area (Å²) in [6.07, 6.45) is 3.17. The van der Waals surface area contributed by atoms with Crippen LogP contribution in [0.2, 0.25) is 0 Å². The van der Waals surface area contributed by atoms with E-state index >= 15 is 0 Å². The number of hydrogen-bond acceptors (Lipinski definition) is 4. The number of carbonyl (C=O) groups excluding carboxylic acids is 1. The van der Waals surface area contributed by atoms with Crippen LogP contribution in [0.1, 0.15) is 24.8 Å². The number of hydrogen-bond donors (Lipinski definition) is 2. The van der Waals surface area contributed by atoms with Crippen LogP contribution in [0.5, 0.6) is 0 Å². The molecule has 1 aromatic rings. The zero-order chi connectivity index (χ0) is 14.9. The highest BCUT2D eigenvalue weighted by molar-refractivity contribution is 8.00. The van der Waals surface area contributed by atoms with E-state index in [1.807, 2.05) is 0 Å². The Morgan fingerprint density at radius 1 is 1.43 bits per heavy atom. The second kappa shape index (κ2) is 9.07. The van der Waals surface area contributed by atoms with Gasteiger partial charge >= 0.3 is 0 Å². The van der Waals surface area contributed by atoms with Crippen molar-refractivity contribution in [1.29, 1.82) is 0 Å². The standard InChI is InChI=1S/C16H24N2O2S/c1-20-10-9-17-12-13-5-4-6-14(11-13)21-15-7-2-3-8-18-16(15)19/h4-6,11,15,17H,2-3,7-10,12H2,1H3,(H,18,19). The molecule has 116 valence electrons. The first-order chi connectivity index (χ1) is 10.3. The molecule has 0 saturated carbocycles. The van der Waals surface area contributed by atoms with E-state index in [0.717, 1.165) is 45.5 Å². The summed E-state index contributed by atoms with van der Waals surface area (Å²) in [4.78, 5) is 13.2. The minimum absolute atomic E-state index is 0.0456. The van der Waals surface area contributed by atoms with Crippen molar-refractivity contribution in [2.24, 2.45) is 0 Å². The predicted octanol–water partition coefficient (Wildman–Crippen LogP) is 2.18. The van der Waals surface area contributed by atoms with Crippen LogP contribution in [0.3, 0.4) is 0 Å². The highest BCUT2D eigenvalue weighted by Crippen LogP contribution is 2.28. The third-order valence-electron chi connectivity index (χ3n) is 3.47. The predicted molar refractivity (Wildman–Crippen MR) is 86.5 cm³/mol. The molecule has 0 bridgehead atoms. The molecule has 1 aromatic carbocycles. The van der Waals surface area contributed by atoms with Crippen molar-refractivity contribution in [2.75, 3.05) is 26.8 Å². The number of rotatable bonds is 7. The van der Waals surface area contributed by atoms with Gasteiger partial charge in [0, 0.05) is 31.6 Å². The van der Waals surface area contributed by atoms with Crippen LogP contribution >= 0.6 is 11.8 Å².